The van der Waals surface area contributed by atoms with Crippen molar-refractivity contribution in [1.29, 1.82) is 0 Å². The highest BCUT2D eigenvalue weighted by Crippen LogP contribution is 2.65. The number of phenols is 1. The van der Waals surface area contributed by atoms with E-state index in [9.17, 15) is 14.7 Å². The molecule has 3 aliphatic carbocycles. The Morgan fingerprint density at radius 3 is 2.72 bits per heavy atom. The van der Waals surface area contributed by atoms with Crippen LogP contribution in [0.3, 0.4) is 0 Å². The minimum Gasteiger partial charge on any atom is -0.507 e. The molecule has 5 atom stereocenters. The van der Waals surface area contributed by atoms with Crippen molar-refractivity contribution in [3.05, 3.63) is 83.0 Å². The molecule has 2 heterocycles. The SMILES string of the molecule is CC(C)=CC[C@@]12OC[C@@H]3[C@@H](COCCc4ccccc4)[C@@H](C=C4C(=O)c5c(O)cccc5O[C@]431)C2=O. The molecule has 1 N–H and O–H groups in total. The van der Waals surface area contributed by atoms with Crippen LogP contribution in [0.5, 0.6) is 11.5 Å². The van der Waals surface area contributed by atoms with Crippen LogP contribution in [0.15, 0.2) is 71.8 Å². The van der Waals surface area contributed by atoms with Crippen molar-refractivity contribution in [3.63, 3.8) is 0 Å². The van der Waals surface area contributed by atoms with Crippen molar-refractivity contribution < 1.29 is 28.9 Å². The maximum absolute atomic E-state index is 14.1. The number of Topliss-reactive ketones (excluding diaryl/α,β-unsaturated/α-hetero) is 2. The van der Waals surface area contributed by atoms with E-state index in [2.05, 4.69) is 12.1 Å². The van der Waals surface area contributed by atoms with Crippen molar-refractivity contribution >= 4 is 11.6 Å². The number of fused-ring (bicyclic) bond motifs is 1. The maximum atomic E-state index is 14.1. The Balaban J connectivity index is 1.37. The number of ether oxygens (including phenoxy) is 3. The van der Waals surface area contributed by atoms with Gasteiger partial charge >= 0.3 is 0 Å². The number of hydrogen-bond acceptors (Lipinski definition) is 6. The molecule has 5 aliphatic rings. The van der Waals surface area contributed by atoms with E-state index < -0.39 is 17.1 Å². The van der Waals surface area contributed by atoms with Crippen molar-refractivity contribution in [3.8, 4) is 11.5 Å². The molecule has 1 saturated heterocycles. The van der Waals surface area contributed by atoms with Gasteiger partial charge < -0.3 is 19.3 Å². The second kappa shape index (κ2) is 8.43. The quantitative estimate of drug-likeness (QED) is 0.460. The van der Waals surface area contributed by atoms with Crippen LogP contribution < -0.4 is 4.74 Å². The molecule has 4 bridgehead atoms. The third-order valence-electron chi connectivity index (χ3n) is 8.29. The Kier molecular flexibility index (Phi) is 5.43. The minimum atomic E-state index is -1.27. The van der Waals surface area contributed by atoms with E-state index in [1.807, 2.05) is 38.1 Å². The predicted octanol–water partition coefficient (Wildman–Crippen LogP) is 4.46. The number of allylic oxidation sites excluding steroid dienone is 2. The molecule has 6 nitrogen and oxygen atoms in total. The molecule has 0 radical (unpaired) electrons. The Morgan fingerprint density at radius 1 is 1.14 bits per heavy atom. The molecular weight excluding hydrogens is 456 g/mol. The highest BCUT2D eigenvalue weighted by molar-refractivity contribution is 6.18. The van der Waals surface area contributed by atoms with Gasteiger partial charge in [-0.15, -0.1) is 0 Å². The van der Waals surface area contributed by atoms with Crippen LogP contribution in [0.4, 0.5) is 0 Å². The fourth-order valence-electron chi connectivity index (χ4n) is 6.60. The van der Waals surface area contributed by atoms with Gasteiger partial charge in [0.05, 0.1) is 19.8 Å². The Morgan fingerprint density at radius 2 is 1.94 bits per heavy atom. The number of benzene rings is 2. The average Bonchev–Trinajstić information content (AvgIpc) is 3.15. The molecular formula is C30H30O6. The normalized spacial score (nSPS) is 31.4. The molecule has 1 saturated carbocycles. The lowest BCUT2D eigenvalue weighted by molar-refractivity contribution is -0.172. The second-order valence-electron chi connectivity index (χ2n) is 10.5. The van der Waals surface area contributed by atoms with Gasteiger partial charge in [-0.2, -0.15) is 0 Å². The third-order valence-corrected chi connectivity index (χ3v) is 8.29. The van der Waals surface area contributed by atoms with Crippen molar-refractivity contribution in [2.24, 2.45) is 17.8 Å². The third kappa shape index (κ3) is 3.10. The molecule has 2 aromatic rings. The van der Waals surface area contributed by atoms with Gasteiger partial charge in [-0.05, 0) is 38.0 Å². The van der Waals surface area contributed by atoms with Crippen LogP contribution >= 0.6 is 0 Å². The lowest BCUT2D eigenvalue weighted by Crippen LogP contribution is -2.74. The number of rotatable bonds is 7. The van der Waals surface area contributed by atoms with Crippen molar-refractivity contribution in [1.82, 2.24) is 0 Å². The van der Waals surface area contributed by atoms with E-state index in [1.54, 1.807) is 18.2 Å². The number of hydrogen-bond donors (Lipinski definition) is 1. The smallest absolute Gasteiger partial charge is 0.200 e. The lowest BCUT2D eigenvalue weighted by Gasteiger charge is -2.58. The highest BCUT2D eigenvalue weighted by atomic mass is 16.6. The molecule has 0 amide bonds. The standard InChI is InChI=1S/C30H30O6/c1-18(2)11-13-29-28(33)20-15-22-27(32)26-24(31)9-6-10-25(26)36-30(22,29)23(17-35-29)21(20)16-34-14-12-19-7-4-3-5-8-19/h3-11,15,20-21,23,31H,12-14,16-17H2,1-2H3/t20-,21+,23-,29+,30-/m1/s1. The number of ketones is 2. The summed E-state index contributed by atoms with van der Waals surface area (Å²) in [5.74, 6) is -1.04. The van der Waals surface area contributed by atoms with Crippen LogP contribution in [-0.2, 0) is 20.7 Å². The van der Waals surface area contributed by atoms with E-state index in [-0.39, 0.29) is 34.7 Å². The van der Waals surface area contributed by atoms with E-state index in [4.69, 9.17) is 14.2 Å². The summed E-state index contributed by atoms with van der Waals surface area (Å²) in [6.45, 7) is 5.19. The first-order chi connectivity index (χ1) is 17.4. The van der Waals surface area contributed by atoms with Gasteiger partial charge in [0.2, 0.25) is 0 Å². The molecule has 36 heavy (non-hydrogen) atoms. The fourth-order valence-corrected chi connectivity index (χ4v) is 6.60. The summed E-state index contributed by atoms with van der Waals surface area (Å²) in [6, 6.07) is 15.0. The summed E-state index contributed by atoms with van der Waals surface area (Å²) >= 11 is 0. The predicted molar refractivity (Wildman–Crippen MR) is 133 cm³/mol. The van der Waals surface area contributed by atoms with E-state index in [0.717, 1.165) is 12.0 Å². The summed E-state index contributed by atoms with van der Waals surface area (Å²) in [4.78, 5) is 27.8. The van der Waals surface area contributed by atoms with Gasteiger partial charge in [-0.25, -0.2) is 0 Å². The number of aromatic hydroxyl groups is 1. The van der Waals surface area contributed by atoms with Gasteiger partial charge in [0.25, 0.3) is 0 Å². The molecule has 1 spiro atoms. The summed E-state index contributed by atoms with van der Waals surface area (Å²) < 4.78 is 19.2. The van der Waals surface area contributed by atoms with E-state index in [1.165, 1.54) is 11.6 Å². The minimum absolute atomic E-state index is 0.0504. The summed E-state index contributed by atoms with van der Waals surface area (Å²) in [5.41, 5.74) is 0.336. The number of carbonyl (C=O) groups excluding carboxylic acids is 2. The van der Waals surface area contributed by atoms with Crippen LogP contribution in [0.25, 0.3) is 0 Å². The van der Waals surface area contributed by atoms with Crippen LogP contribution in [0.2, 0.25) is 0 Å². The zero-order valence-electron chi connectivity index (χ0n) is 20.5. The van der Waals surface area contributed by atoms with Gasteiger partial charge in [0, 0.05) is 29.7 Å². The number of phenolic OH excluding ortho intramolecular Hbond substituents is 1. The van der Waals surface area contributed by atoms with E-state index in [0.29, 0.717) is 37.6 Å². The molecule has 2 fully saturated rings. The lowest BCUT2D eigenvalue weighted by atomic mass is 9.49. The van der Waals surface area contributed by atoms with Gasteiger partial charge in [-0.3, -0.25) is 9.59 Å². The summed E-state index contributed by atoms with van der Waals surface area (Å²) in [6.07, 6.45) is 4.88. The Hall–Kier alpha value is -3.22. The molecule has 2 aliphatic heterocycles. The first-order valence-corrected chi connectivity index (χ1v) is 12.6. The van der Waals surface area contributed by atoms with Crippen molar-refractivity contribution in [2.75, 3.05) is 19.8 Å². The summed E-state index contributed by atoms with van der Waals surface area (Å²) in [7, 11) is 0. The van der Waals surface area contributed by atoms with Gasteiger partial charge in [0.15, 0.2) is 22.8 Å². The maximum Gasteiger partial charge on any atom is 0.200 e. The first-order valence-electron chi connectivity index (χ1n) is 12.6. The molecule has 186 valence electrons. The van der Waals surface area contributed by atoms with Crippen LogP contribution in [-0.4, -0.2) is 47.7 Å². The van der Waals surface area contributed by atoms with Crippen molar-refractivity contribution in [2.45, 2.75) is 37.9 Å². The molecule has 0 aromatic heterocycles. The second-order valence-corrected chi connectivity index (χ2v) is 10.5. The van der Waals surface area contributed by atoms with E-state index >= 15 is 0 Å². The Bertz CT molecular complexity index is 1290. The average molecular weight is 487 g/mol. The fraction of sp³-hybridized carbons (Fsp3) is 0.400. The number of carbonyl (C=O) groups is 2. The monoisotopic (exact) mass is 486 g/mol. The largest absolute Gasteiger partial charge is 0.507 e. The highest BCUT2D eigenvalue weighted by Gasteiger charge is 2.79. The molecule has 2 aromatic carbocycles. The first kappa shape index (κ1) is 23.2. The zero-order chi connectivity index (χ0) is 25.1. The van der Waals surface area contributed by atoms with Gasteiger partial charge in [0.1, 0.15) is 17.1 Å². The van der Waals surface area contributed by atoms with Crippen LogP contribution in [0, 0.1) is 17.8 Å². The molecule has 0 unspecified atom stereocenters. The van der Waals surface area contributed by atoms with Crippen LogP contribution in [0.1, 0.15) is 36.2 Å². The topological polar surface area (TPSA) is 82.1 Å². The molecule has 6 heteroatoms. The molecule has 7 rings (SSSR count). The Labute approximate surface area is 210 Å². The summed E-state index contributed by atoms with van der Waals surface area (Å²) in [5, 5.41) is 10.5. The zero-order valence-corrected chi connectivity index (χ0v) is 20.5. The van der Waals surface area contributed by atoms with Gasteiger partial charge in [-0.1, -0.05) is 54.1 Å².